The van der Waals surface area contributed by atoms with Crippen molar-refractivity contribution in [1.29, 1.82) is 0 Å². The van der Waals surface area contributed by atoms with E-state index in [9.17, 15) is 0 Å². The van der Waals surface area contributed by atoms with Gasteiger partial charge in [-0.25, -0.2) is 0 Å². The molecule has 2 N–H and O–H groups in total. The zero-order valence-corrected chi connectivity index (χ0v) is 13.7. The average Bonchev–Trinajstić information content (AvgIpc) is 2.70. The largest absolute Gasteiger partial charge is 0.320 e. The molecular formula is C11H11Br2NS2. The van der Waals surface area contributed by atoms with Gasteiger partial charge in [0, 0.05) is 15.3 Å². The summed E-state index contributed by atoms with van der Waals surface area (Å²) in [6.07, 6.45) is 0. The number of thiophene rings is 2. The van der Waals surface area contributed by atoms with Gasteiger partial charge >= 0.3 is 0 Å². The summed E-state index contributed by atoms with van der Waals surface area (Å²) >= 11 is 10.5. The van der Waals surface area contributed by atoms with Crippen molar-refractivity contribution in [3.63, 3.8) is 0 Å². The van der Waals surface area contributed by atoms with Gasteiger partial charge in [0.2, 0.25) is 0 Å². The van der Waals surface area contributed by atoms with Gasteiger partial charge in [0.1, 0.15) is 0 Å². The van der Waals surface area contributed by atoms with Crippen molar-refractivity contribution in [3.05, 3.63) is 40.6 Å². The van der Waals surface area contributed by atoms with Crippen LogP contribution in [0.25, 0.3) is 0 Å². The topological polar surface area (TPSA) is 26.0 Å². The molecule has 2 aromatic heterocycles. The van der Waals surface area contributed by atoms with Crippen molar-refractivity contribution in [2.75, 3.05) is 0 Å². The highest BCUT2D eigenvalue weighted by atomic mass is 79.9. The molecule has 0 aliphatic carbocycles. The molecule has 1 atom stereocenters. The average molecular weight is 381 g/mol. The van der Waals surface area contributed by atoms with Gasteiger partial charge in [0.25, 0.3) is 0 Å². The summed E-state index contributed by atoms with van der Waals surface area (Å²) in [7, 11) is 0. The third kappa shape index (κ3) is 2.43. The van der Waals surface area contributed by atoms with Gasteiger partial charge in [0.05, 0.1) is 13.6 Å². The van der Waals surface area contributed by atoms with Crippen LogP contribution in [0, 0.1) is 13.8 Å². The fraction of sp³-hybridized carbons (Fsp3) is 0.273. The van der Waals surface area contributed by atoms with E-state index < -0.39 is 0 Å². The second-order valence-electron chi connectivity index (χ2n) is 3.65. The summed E-state index contributed by atoms with van der Waals surface area (Å²) in [6.45, 7) is 4.26. The predicted molar refractivity (Wildman–Crippen MR) is 79.5 cm³/mol. The lowest BCUT2D eigenvalue weighted by Gasteiger charge is -2.07. The third-order valence-corrected chi connectivity index (χ3v) is 6.13. The van der Waals surface area contributed by atoms with Crippen molar-refractivity contribution < 1.29 is 0 Å². The maximum absolute atomic E-state index is 6.28. The van der Waals surface area contributed by atoms with E-state index in [0.717, 1.165) is 13.1 Å². The highest BCUT2D eigenvalue weighted by Crippen LogP contribution is 2.38. The Balaban J connectivity index is 2.38. The summed E-state index contributed by atoms with van der Waals surface area (Å²) in [5.41, 5.74) is 8.75. The molecule has 0 amide bonds. The van der Waals surface area contributed by atoms with Gasteiger partial charge in [-0.1, -0.05) is 0 Å². The molecule has 86 valence electrons. The van der Waals surface area contributed by atoms with Crippen LogP contribution >= 0.6 is 54.5 Å². The SMILES string of the molecule is Cc1cc(C(N)c2cc(Br)sc2Br)sc1C. The number of aryl methyl sites for hydroxylation is 2. The van der Waals surface area contributed by atoms with Gasteiger partial charge in [0.15, 0.2) is 0 Å². The number of hydrogen-bond acceptors (Lipinski definition) is 3. The fourth-order valence-electron chi connectivity index (χ4n) is 1.47. The van der Waals surface area contributed by atoms with Crippen LogP contribution in [0.5, 0.6) is 0 Å². The number of rotatable bonds is 2. The quantitative estimate of drug-likeness (QED) is 0.779. The molecule has 1 nitrogen and oxygen atoms in total. The minimum absolute atomic E-state index is 0.0330. The van der Waals surface area contributed by atoms with E-state index in [1.54, 1.807) is 22.7 Å². The normalized spacial score (nSPS) is 13.1. The van der Waals surface area contributed by atoms with Gasteiger partial charge in [-0.3, -0.25) is 0 Å². The first kappa shape index (κ1) is 12.8. The molecule has 16 heavy (non-hydrogen) atoms. The highest BCUT2D eigenvalue weighted by molar-refractivity contribution is 9.12. The Morgan fingerprint density at radius 1 is 1.19 bits per heavy atom. The summed E-state index contributed by atoms with van der Waals surface area (Å²) in [6, 6.07) is 4.24. The zero-order chi connectivity index (χ0) is 11.9. The van der Waals surface area contributed by atoms with Crippen LogP contribution in [0.1, 0.15) is 26.9 Å². The van der Waals surface area contributed by atoms with Gasteiger partial charge in [-0.2, -0.15) is 0 Å². The van der Waals surface area contributed by atoms with E-state index in [2.05, 4.69) is 57.8 Å². The molecule has 0 aromatic carbocycles. The summed E-state index contributed by atoms with van der Waals surface area (Å²) < 4.78 is 2.21. The fourth-order valence-corrected chi connectivity index (χ4v) is 5.47. The number of hydrogen-bond donors (Lipinski definition) is 1. The van der Waals surface area contributed by atoms with Crippen LogP contribution in [0.4, 0.5) is 0 Å². The first-order chi connectivity index (χ1) is 7.49. The van der Waals surface area contributed by atoms with Gasteiger partial charge in [-0.15, -0.1) is 22.7 Å². The van der Waals surface area contributed by atoms with E-state index in [4.69, 9.17) is 5.73 Å². The molecule has 0 saturated carbocycles. The molecule has 0 radical (unpaired) electrons. The Morgan fingerprint density at radius 2 is 1.88 bits per heavy atom. The van der Waals surface area contributed by atoms with Gasteiger partial charge in [-0.05, 0) is 63.4 Å². The second kappa shape index (κ2) is 4.90. The monoisotopic (exact) mass is 379 g/mol. The maximum Gasteiger partial charge on any atom is 0.0761 e. The molecular weight excluding hydrogens is 370 g/mol. The van der Waals surface area contributed by atoms with Crippen LogP contribution in [0.3, 0.4) is 0 Å². The molecule has 0 aliphatic rings. The van der Waals surface area contributed by atoms with E-state index in [1.165, 1.54) is 15.3 Å². The first-order valence-electron chi connectivity index (χ1n) is 4.76. The smallest absolute Gasteiger partial charge is 0.0761 e. The van der Waals surface area contributed by atoms with E-state index >= 15 is 0 Å². The minimum Gasteiger partial charge on any atom is -0.320 e. The van der Waals surface area contributed by atoms with Crippen molar-refractivity contribution in [2.24, 2.45) is 5.73 Å². The molecule has 0 aliphatic heterocycles. The molecule has 2 heterocycles. The van der Waals surface area contributed by atoms with Crippen molar-refractivity contribution in [3.8, 4) is 0 Å². The van der Waals surface area contributed by atoms with Crippen molar-refractivity contribution in [1.82, 2.24) is 0 Å². The van der Waals surface area contributed by atoms with Crippen LogP contribution in [0.2, 0.25) is 0 Å². The molecule has 2 aromatic rings. The van der Waals surface area contributed by atoms with E-state index in [-0.39, 0.29) is 6.04 Å². The lowest BCUT2D eigenvalue weighted by molar-refractivity contribution is 0.893. The molecule has 5 heteroatoms. The standard InChI is InChI=1S/C11H11Br2NS2/c1-5-3-8(15-6(5)2)10(14)7-4-9(12)16-11(7)13/h3-4,10H,14H2,1-2H3. The van der Waals surface area contributed by atoms with Crippen LogP contribution < -0.4 is 5.73 Å². The summed E-state index contributed by atoms with van der Waals surface area (Å²) in [5, 5.41) is 0. The second-order valence-corrected chi connectivity index (χ2v) is 8.68. The van der Waals surface area contributed by atoms with Gasteiger partial charge < -0.3 is 5.73 Å². The van der Waals surface area contributed by atoms with E-state index in [0.29, 0.717) is 0 Å². The van der Waals surface area contributed by atoms with Crippen LogP contribution in [-0.4, -0.2) is 0 Å². The highest BCUT2D eigenvalue weighted by Gasteiger charge is 2.17. The van der Waals surface area contributed by atoms with E-state index in [1.807, 2.05) is 0 Å². The van der Waals surface area contributed by atoms with Crippen molar-refractivity contribution >= 4 is 54.5 Å². The first-order valence-corrected chi connectivity index (χ1v) is 7.98. The summed E-state index contributed by atoms with van der Waals surface area (Å²) in [5.74, 6) is 0. The Hall–Kier alpha value is 0.320. The summed E-state index contributed by atoms with van der Waals surface area (Å²) in [4.78, 5) is 2.57. The predicted octanol–water partition coefficient (Wildman–Crippen LogP) is 5.00. The molecule has 0 bridgehead atoms. The number of halogens is 2. The lowest BCUT2D eigenvalue weighted by atomic mass is 10.1. The zero-order valence-electron chi connectivity index (χ0n) is 8.88. The Bertz CT molecular complexity index is 497. The van der Waals surface area contributed by atoms with Crippen LogP contribution in [-0.2, 0) is 0 Å². The Morgan fingerprint density at radius 3 is 2.31 bits per heavy atom. The molecule has 0 spiro atoms. The Kier molecular flexibility index (Phi) is 3.91. The molecule has 2 rings (SSSR count). The molecule has 0 saturated heterocycles. The maximum atomic E-state index is 6.28. The minimum atomic E-state index is -0.0330. The molecule has 1 unspecified atom stereocenters. The third-order valence-electron chi connectivity index (χ3n) is 2.51. The van der Waals surface area contributed by atoms with Crippen LogP contribution in [0.15, 0.2) is 19.7 Å². The number of nitrogens with two attached hydrogens (primary N) is 1. The Labute approximate surface area is 120 Å². The lowest BCUT2D eigenvalue weighted by Crippen LogP contribution is -2.09. The van der Waals surface area contributed by atoms with Crippen molar-refractivity contribution in [2.45, 2.75) is 19.9 Å². The molecule has 0 fully saturated rings.